The maximum absolute atomic E-state index is 12.2. The second kappa shape index (κ2) is 5.85. The predicted octanol–water partition coefficient (Wildman–Crippen LogP) is 2.48. The molecule has 3 aromatic rings. The van der Waals surface area contributed by atoms with E-state index in [4.69, 9.17) is 5.11 Å². The van der Waals surface area contributed by atoms with Gasteiger partial charge < -0.3 is 15.2 Å². The third-order valence-corrected chi connectivity index (χ3v) is 4.78. The molecule has 0 unspecified atom stereocenters. The fraction of sp³-hybridized carbons (Fsp3) is 0.188. The molecule has 2 aromatic heterocycles. The lowest BCUT2D eigenvalue weighted by atomic mass is 10.1. The van der Waals surface area contributed by atoms with Crippen LogP contribution in [0.1, 0.15) is 26.6 Å². The van der Waals surface area contributed by atoms with Crippen molar-refractivity contribution < 1.29 is 15.0 Å². The summed E-state index contributed by atoms with van der Waals surface area (Å²) in [5, 5.41) is 18.9. The average molecular weight is 330 g/mol. The molecule has 1 aromatic carbocycles. The van der Waals surface area contributed by atoms with Gasteiger partial charge in [0.25, 0.3) is 5.56 Å². The molecule has 0 saturated carbocycles. The highest BCUT2D eigenvalue weighted by atomic mass is 32.1. The Hall–Kier alpha value is -2.67. The van der Waals surface area contributed by atoms with Gasteiger partial charge in [-0.3, -0.25) is 4.79 Å². The first kappa shape index (κ1) is 15.2. The van der Waals surface area contributed by atoms with Crippen molar-refractivity contribution in [2.45, 2.75) is 19.8 Å². The molecule has 0 aliphatic rings. The van der Waals surface area contributed by atoms with Crippen LogP contribution in [-0.2, 0) is 12.8 Å². The number of hydrogen-bond donors (Lipinski definition) is 3. The number of aromatic amines is 1. The summed E-state index contributed by atoms with van der Waals surface area (Å²) in [6.45, 7) is 1.62. The lowest BCUT2D eigenvalue weighted by Crippen LogP contribution is -2.12. The number of phenols is 1. The molecular weight excluding hydrogens is 316 g/mol. The van der Waals surface area contributed by atoms with Crippen molar-refractivity contribution in [3.8, 4) is 5.75 Å². The first-order chi connectivity index (χ1) is 11.0. The van der Waals surface area contributed by atoms with E-state index in [1.54, 1.807) is 25.1 Å². The van der Waals surface area contributed by atoms with Crippen molar-refractivity contribution in [3.05, 3.63) is 56.4 Å². The molecule has 0 radical (unpaired) electrons. The van der Waals surface area contributed by atoms with Gasteiger partial charge in [0.05, 0.1) is 5.39 Å². The van der Waals surface area contributed by atoms with E-state index >= 15 is 0 Å². The highest BCUT2D eigenvalue weighted by Gasteiger charge is 2.18. The summed E-state index contributed by atoms with van der Waals surface area (Å²) in [5.41, 5.74) is 1.06. The van der Waals surface area contributed by atoms with Crippen LogP contribution in [0.4, 0.5) is 0 Å². The average Bonchev–Trinajstić information content (AvgIpc) is 2.83. The Kier molecular flexibility index (Phi) is 3.87. The van der Waals surface area contributed by atoms with E-state index in [1.165, 1.54) is 0 Å². The molecule has 0 atom stereocenters. The van der Waals surface area contributed by atoms with Crippen LogP contribution in [-0.4, -0.2) is 26.2 Å². The van der Waals surface area contributed by atoms with Gasteiger partial charge in [-0.15, -0.1) is 11.3 Å². The number of H-pyrrole nitrogens is 1. The van der Waals surface area contributed by atoms with Crippen molar-refractivity contribution in [2.24, 2.45) is 0 Å². The topological polar surface area (TPSA) is 103 Å². The minimum atomic E-state index is -1.05. The Morgan fingerprint density at radius 1 is 1.35 bits per heavy atom. The number of nitrogens with zero attached hydrogens (tertiary/aromatic N) is 1. The number of thiophene rings is 1. The molecular formula is C16H14N2O4S. The molecule has 118 valence electrons. The fourth-order valence-electron chi connectivity index (χ4n) is 2.49. The SMILES string of the molecule is Cc1c(C(=O)O)sc2nc(CCc3cccc(O)c3)[nH]c(=O)c12. The number of aromatic nitrogens is 2. The standard InChI is InChI=1S/C16H14N2O4S/c1-8-12-14(20)17-11(18-15(12)23-13(8)16(21)22)6-5-9-3-2-4-10(19)7-9/h2-4,7,19H,5-6H2,1H3,(H,21,22)(H,17,18,20). The summed E-state index contributed by atoms with van der Waals surface area (Å²) >= 11 is 1.01. The third kappa shape index (κ3) is 2.95. The minimum Gasteiger partial charge on any atom is -0.508 e. The van der Waals surface area contributed by atoms with Crippen molar-refractivity contribution in [1.29, 1.82) is 0 Å². The molecule has 7 heteroatoms. The number of carbonyl (C=O) groups is 1. The summed E-state index contributed by atoms with van der Waals surface area (Å²) < 4.78 is 0. The zero-order chi connectivity index (χ0) is 16.6. The lowest BCUT2D eigenvalue weighted by molar-refractivity contribution is 0.0701. The highest BCUT2D eigenvalue weighted by molar-refractivity contribution is 7.20. The van der Waals surface area contributed by atoms with Gasteiger partial charge in [-0.2, -0.15) is 0 Å². The summed E-state index contributed by atoms with van der Waals surface area (Å²) in [5.74, 6) is -0.352. The van der Waals surface area contributed by atoms with E-state index in [0.717, 1.165) is 16.9 Å². The molecule has 0 fully saturated rings. The molecule has 0 saturated heterocycles. The molecule has 0 aliphatic heterocycles. The minimum absolute atomic E-state index is 0.142. The quantitative estimate of drug-likeness (QED) is 0.682. The number of carboxylic acids is 1. The number of rotatable bonds is 4. The Bertz CT molecular complexity index is 958. The van der Waals surface area contributed by atoms with Crippen LogP contribution in [0.3, 0.4) is 0 Å². The highest BCUT2D eigenvalue weighted by Crippen LogP contribution is 2.26. The van der Waals surface area contributed by atoms with Crippen LogP contribution in [0.15, 0.2) is 29.1 Å². The molecule has 0 bridgehead atoms. The predicted molar refractivity (Wildman–Crippen MR) is 87.5 cm³/mol. The van der Waals surface area contributed by atoms with E-state index in [2.05, 4.69) is 9.97 Å². The van der Waals surface area contributed by atoms with Gasteiger partial charge in [0.2, 0.25) is 0 Å². The number of aryl methyl sites for hydroxylation is 3. The van der Waals surface area contributed by atoms with Crippen molar-refractivity contribution in [3.63, 3.8) is 0 Å². The number of phenolic OH excluding ortho intramolecular Hbond substituents is 1. The smallest absolute Gasteiger partial charge is 0.346 e. The van der Waals surface area contributed by atoms with E-state index in [1.807, 2.05) is 6.07 Å². The number of carboxylic acid groups (broad SMARTS) is 1. The number of benzene rings is 1. The van der Waals surface area contributed by atoms with Crippen LogP contribution in [0.2, 0.25) is 0 Å². The molecule has 0 amide bonds. The molecule has 6 nitrogen and oxygen atoms in total. The third-order valence-electron chi connectivity index (χ3n) is 3.60. The van der Waals surface area contributed by atoms with Crippen LogP contribution in [0.5, 0.6) is 5.75 Å². The van der Waals surface area contributed by atoms with Crippen molar-refractivity contribution >= 4 is 27.5 Å². The first-order valence-corrected chi connectivity index (χ1v) is 7.81. The second-order valence-electron chi connectivity index (χ2n) is 5.22. The van der Waals surface area contributed by atoms with Crippen LogP contribution >= 0.6 is 11.3 Å². The summed E-state index contributed by atoms with van der Waals surface area (Å²) in [6.07, 6.45) is 1.10. The number of aromatic carboxylic acids is 1. The Morgan fingerprint density at radius 2 is 2.13 bits per heavy atom. The van der Waals surface area contributed by atoms with Crippen LogP contribution < -0.4 is 5.56 Å². The molecule has 0 spiro atoms. The number of hydrogen-bond acceptors (Lipinski definition) is 5. The maximum Gasteiger partial charge on any atom is 0.346 e. The second-order valence-corrected chi connectivity index (χ2v) is 6.22. The van der Waals surface area contributed by atoms with Crippen LogP contribution in [0.25, 0.3) is 10.2 Å². The lowest BCUT2D eigenvalue weighted by Gasteiger charge is -2.02. The van der Waals surface area contributed by atoms with Gasteiger partial charge in [-0.1, -0.05) is 12.1 Å². The maximum atomic E-state index is 12.2. The van der Waals surface area contributed by atoms with Gasteiger partial charge in [-0.05, 0) is 36.6 Å². The van der Waals surface area contributed by atoms with Crippen LogP contribution in [0, 0.1) is 6.92 Å². The molecule has 2 heterocycles. The molecule has 0 aliphatic carbocycles. The van der Waals surface area contributed by atoms with E-state index < -0.39 is 5.97 Å². The zero-order valence-corrected chi connectivity index (χ0v) is 13.1. The van der Waals surface area contributed by atoms with Gasteiger partial charge in [-0.25, -0.2) is 9.78 Å². The van der Waals surface area contributed by atoms with Gasteiger partial charge in [0, 0.05) is 6.42 Å². The van der Waals surface area contributed by atoms with E-state index in [9.17, 15) is 14.7 Å². The van der Waals surface area contributed by atoms with Gasteiger partial charge in [0.15, 0.2) is 0 Å². The van der Waals surface area contributed by atoms with Crippen molar-refractivity contribution in [1.82, 2.24) is 9.97 Å². The van der Waals surface area contributed by atoms with Gasteiger partial charge in [0.1, 0.15) is 21.3 Å². The summed E-state index contributed by atoms with van der Waals surface area (Å²) in [4.78, 5) is 31.0. The molecule has 3 N–H and O–H groups in total. The normalized spacial score (nSPS) is 11.0. The summed E-state index contributed by atoms with van der Waals surface area (Å²) in [7, 11) is 0. The number of nitrogens with one attached hydrogen (secondary N) is 1. The van der Waals surface area contributed by atoms with Gasteiger partial charge >= 0.3 is 5.97 Å². The van der Waals surface area contributed by atoms with Crippen molar-refractivity contribution in [2.75, 3.05) is 0 Å². The summed E-state index contributed by atoms with van der Waals surface area (Å²) in [6, 6.07) is 6.89. The Balaban J connectivity index is 1.93. The Labute approximate surface area is 135 Å². The number of fused-ring (bicyclic) bond motifs is 1. The number of aromatic hydroxyl groups is 1. The van der Waals surface area contributed by atoms with E-state index in [-0.39, 0.29) is 16.2 Å². The van der Waals surface area contributed by atoms with E-state index in [0.29, 0.717) is 34.4 Å². The fourth-order valence-corrected chi connectivity index (χ4v) is 3.53. The molecule has 3 rings (SSSR count). The largest absolute Gasteiger partial charge is 0.508 e. The first-order valence-electron chi connectivity index (χ1n) is 6.99. The zero-order valence-electron chi connectivity index (χ0n) is 12.3. The monoisotopic (exact) mass is 330 g/mol. The molecule has 23 heavy (non-hydrogen) atoms. The Morgan fingerprint density at radius 3 is 2.83 bits per heavy atom.